The second-order valence-corrected chi connectivity index (χ2v) is 6.78. The zero-order valence-corrected chi connectivity index (χ0v) is 13.6. The third-order valence-corrected chi connectivity index (χ3v) is 5.14. The summed E-state index contributed by atoms with van der Waals surface area (Å²) < 4.78 is 0. The number of carbonyl (C=O) groups is 1. The summed E-state index contributed by atoms with van der Waals surface area (Å²) in [5.74, 6) is -0.0620. The molecule has 4 aromatic heterocycles. The van der Waals surface area contributed by atoms with Crippen molar-refractivity contribution in [3.05, 3.63) is 57.3 Å². The number of amides is 1. The predicted molar refractivity (Wildman–Crippen MR) is 92.7 cm³/mol. The Morgan fingerprint density at radius 2 is 2.22 bits per heavy atom. The van der Waals surface area contributed by atoms with Crippen molar-refractivity contribution in [2.45, 2.75) is 6.54 Å². The highest BCUT2D eigenvalue weighted by atomic mass is 32.1. The van der Waals surface area contributed by atoms with Gasteiger partial charge in [0, 0.05) is 28.7 Å². The fourth-order valence-electron chi connectivity index (χ4n) is 2.33. The second-order valence-electron chi connectivity index (χ2n) is 4.89. The first-order valence-electron chi connectivity index (χ1n) is 7.00. The summed E-state index contributed by atoms with van der Waals surface area (Å²) in [5.41, 5.74) is 2.78. The first-order valence-corrected chi connectivity index (χ1v) is 8.76. The van der Waals surface area contributed by atoms with Crippen molar-refractivity contribution in [1.82, 2.24) is 20.3 Å². The Labute approximate surface area is 140 Å². The summed E-state index contributed by atoms with van der Waals surface area (Å²) in [4.78, 5) is 24.7. The van der Waals surface area contributed by atoms with Gasteiger partial charge in [0.2, 0.25) is 0 Å². The fraction of sp³-hybridized carbons (Fsp3) is 0.0625. The summed E-state index contributed by atoms with van der Waals surface area (Å²) in [6.45, 7) is 0.433. The molecule has 4 rings (SSSR count). The zero-order valence-electron chi connectivity index (χ0n) is 11.9. The number of aromatic nitrogens is 3. The maximum atomic E-state index is 12.0. The molecule has 0 aliphatic heterocycles. The molecule has 4 aromatic rings. The van der Waals surface area contributed by atoms with Crippen LogP contribution in [0.25, 0.3) is 22.3 Å². The number of hydrogen-bond acceptors (Lipinski definition) is 5. The number of H-pyrrole nitrogens is 1. The van der Waals surface area contributed by atoms with Gasteiger partial charge >= 0.3 is 0 Å². The van der Waals surface area contributed by atoms with E-state index >= 15 is 0 Å². The topological polar surface area (TPSA) is 70.7 Å². The van der Waals surface area contributed by atoms with Crippen molar-refractivity contribution in [2.75, 3.05) is 0 Å². The van der Waals surface area contributed by atoms with E-state index in [2.05, 4.69) is 20.3 Å². The van der Waals surface area contributed by atoms with Crippen LogP contribution in [-0.4, -0.2) is 20.9 Å². The lowest BCUT2D eigenvalue weighted by Gasteiger charge is -2.00. The van der Waals surface area contributed by atoms with Crippen LogP contribution in [0.3, 0.4) is 0 Å². The van der Waals surface area contributed by atoms with Crippen LogP contribution in [0, 0.1) is 0 Å². The van der Waals surface area contributed by atoms with Crippen molar-refractivity contribution in [3.8, 4) is 11.3 Å². The van der Waals surface area contributed by atoms with E-state index in [1.165, 1.54) is 22.7 Å². The van der Waals surface area contributed by atoms with Gasteiger partial charge in [-0.3, -0.25) is 4.79 Å². The molecule has 0 saturated carbocycles. The number of rotatable bonds is 4. The number of nitrogens with zero attached hydrogens (tertiary/aromatic N) is 2. The van der Waals surface area contributed by atoms with Crippen LogP contribution in [0.15, 0.2) is 47.4 Å². The lowest BCUT2D eigenvalue weighted by atomic mass is 10.2. The molecule has 0 saturated heterocycles. The number of pyridine rings is 1. The SMILES string of the molecule is O=C(NCc1nc(-c2c[nH]c3ncccc23)cs1)c1cccs1. The average Bonchev–Trinajstić information content (AvgIpc) is 3.31. The van der Waals surface area contributed by atoms with Crippen LogP contribution >= 0.6 is 22.7 Å². The van der Waals surface area contributed by atoms with E-state index in [4.69, 9.17) is 0 Å². The number of thiophene rings is 1. The standard InChI is InChI=1S/C16H12N4OS2/c21-16(13-4-2-6-22-13)19-8-14-20-12(9-23-14)11-7-18-15-10(11)3-1-5-17-15/h1-7,9H,8H2,(H,17,18)(H,19,21). The molecular formula is C16H12N4OS2. The van der Waals surface area contributed by atoms with E-state index in [0.717, 1.165) is 27.3 Å². The molecule has 2 N–H and O–H groups in total. The van der Waals surface area contributed by atoms with Crippen LogP contribution < -0.4 is 5.32 Å². The van der Waals surface area contributed by atoms with Crippen LogP contribution in [0.2, 0.25) is 0 Å². The molecule has 5 nitrogen and oxygen atoms in total. The molecule has 1 amide bonds. The van der Waals surface area contributed by atoms with Gasteiger partial charge in [-0.1, -0.05) is 6.07 Å². The first-order chi connectivity index (χ1) is 11.3. The van der Waals surface area contributed by atoms with Crippen molar-refractivity contribution in [3.63, 3.8) is 0 Å². The normalized spacial score (nSPS) is 11.0. The largest absolute Gasteiger partial charge is 0.345 e. The van der Waals surface area contributed by atoms with Crippen LogP contribution in [0.1, 0.15) is 14.7 Å². The van der Waals surface area contributed by atoms with Gasteiger partial charge in [0.25, 0.3) is 5.91 Å². The minimum atomic E-state index is -0.0620. The fourth-order valence-corrected chi connectivity index (χ4v) is 3.71. The molecule has 0 spiro atoms. The van der Waals surface area contributed by atoms with Gasteiger partial charge in [-0.25, -0.2) is 9.97 Å². The maximum Gasteiger partial charge on any atom is 0.261 e. The molecule has 7 heteroatoms. The van der Waals surface area contributed by atoms with Crippen molar-refractivity contribution >= 4 is 39.6 Å². The summed E-state index contributed by atoms with van der Waals surface area (Å²) >= 11 is 2.97. The quantitative estimate of drug-likeness (QED) is 0.595. The molecule has 0 aliphatic carbocycles. The molecule has 0 radical (unpaired) electrons. The number of nitrogens with one attached hydrogen (secondary N) is 2. The summed E-state index contributed by atoms with van der Waals surface area (Å²) in [6.07, 6.45) is 3.68. The van der Waals surface area contributed by atoms with Gasteiger partial charge in [0.05, 0.1) is 17.1 Å². The Bertz CT molecular complexity index is 955. The highest BCUT2D eigenvalue weighted by Gasteiger charge is 2.11. The molecule has 23 heavy (non-hydrogen) atoms. The van der Waals surface area contributed by atoms with Gasteiger partial charge in [-0.15, -0.1) is 22.7 Å². The van der Waals surface area contributed by atoms with Gasteiger partial charge in [-0.2, -0.15) is 0 Å². The third kappa shape index (κ3) is 2.76. The molecule has 0 aliphatic rings. The molecule has 0 bridgehead atoms. The second kappa shape index (κ2) is 5.94. The average molecular weight is 340 g/mol. The molecular weight excluding hydrogens is 328 g/mol. The van der Waals surface area contributed by atoms with E-state index in [0.29, 0.717) is 11.4 Å². The van der Waals surface area contributed by atoms with E-state index in [-0.39, 0.29) is 5.91 Å². The molecule has 0 fully saturated rings. The summed E-state index contributed by atoms with van der Waals surface area (Å²) in [5, 5.41) is 8.71. The number of thiazole rings is 1. The Balaban J connectivity index is 1.52. The Morgan fingerprint density at radius 1 is 1.26 bits per heavy atom. The number of hydrogen-bond donors (Lipinski definition) is 2. The minimum Gasteiger partial charge on any atom is -0.345 e. The van der Waals surface area contributed by atoms with Crippen molar-refractivity contribution < 1.29 is 4.79 Å². The van der Waals surface area contributed by atoms with E-state index in [1.54, 1.807) is 6.20 Å². The Morgan fingerprint density at radius 3 is 3.09 bits per heavy atom. The minimum absolute atomic E-state index is 0.0620. The summed E-state index contributed by atoms with van der Waals surface area (Å²) in [6, 6.07) is 7.61. The number of aromatic amines is 1. The van der Waals surface area contributed by atoms with E-state index in [1.807, 2.05) is 41.2 Å². The zero-order chi connectivity index (χ0) is 15.6. The van der Waals surface area contributed by atoms with E-state index < -0.39 is 0 Å². The lowest BCUT2D eigenvalue weighted by Crippen LogP contribution is -2.21. The third-order valence-electron chi connectivity index (χ3n) is 3.42. The molecule has 0 aromatic carbocycles. The molecule has 0 unspecified atom stereocenters. The Hall–Kier alpha value is -2.51. The van der Waals surface area contributed by atoms with Gasteiger partial charge < -0.3 is 10.3 Å². The molecule has 0 atom stereocenters. The van der Waals surface area contributed by atoms with Crippen molar-refractivity contribution in [2.24, 2.45) is 0 Å². The summed E-state index contributed by atoms with van der Waals surface area (Å²) in [7, 11) is 0. The molecule has 4 heterocycles. The van der Waals surface area contributed by atoms with Gasteiger partial charge in [0.1, 0.15) is 10.7 Å². The smallest absolute Gasteiger partial charge is 0.261 e. The van der Waals surface area contributed by atoms with Crippen LogP contribution in [0.4, 0.5) is 0 Å². The lowest BCUT2D eigenvalue weighted by molar-refractivity contribution is 0.0955. The Kier molecular flexibility index (Phi) is 3.64. The van der Waals surface area contributed by atoms with Crippen LogP contribution in [-0.2, 0) is 6.54 Å². The molecule has 114 valence electrons. The highest BCUT2D eigenvalue weighted by Crippen LogP contribution is 2.28. The maximum absolute atomic E-state index is 12.0. The first kappa shape index (κ1) is 14.1. The van der Waals surface area contributed by atoms with Gasteiger partial charge in [0.15, 0.2) is 0 Å². The number of fused-ring (bicyclic) bond motifs is 1. The van der Waals surface area contributed by atoms with Gasteiger partial charge in [-0.05, 0) is 23.6 Å². The van der Waals surface area contributed by atoms with E-state index in [9.17, 15) is 4.79 Å². The monoisotopic (exact) mass is 340 g/mol. The predicted octanol–water partition coefficient (Wildman–Crippen LogP) is 3.68. The highest BCUT2D eigenvalue weighted by molar-refractivity contribution is 7.12. The van der Waals surface area contributed by atoms with Crippen LogP contribution in [0.5, 0.6) is 0 Å². The van der Waals surface area contributed by atoms with Crippen molar-refractivity contribution in [1.29, 1.82) is 0 Å². The number of carbonyl (C=O) groups excluding carboxylic acids is 1.